The fourth-order valence-electron chi connectivity index (χ4n) is 3.34. The quantitative estimate of drug-likeness (QED) is 0.806. The van der Waals surface area contributed by atoms with Crippen molar-refractivity contribution in [3.8, 4) is 5.75 Å². The predicted molar refractivity (Wildman–Crippen MR) is 102 cm³/mol. The molecule has 1 heterocycles. The molecule has 26 heavy (non-hydrogen) atoms. The molecule has 0 bridgehead atoms. The molecule has 1 unspecified atom stereocenters. The minimum Gasteiger partial charge on any atom is -0.497 e. The standard InChI is InChI=1S/C19H22N2O4S/c1-14(19(22)20-12-11-15-7-4-5-10-18(15)20)21(26(3,23)24)16-8-6-9-17(13-16)25-2/h4-10,13-14H,11-12H2,1-3H3. The van der Waals surface area contributed by atoms with E-state index in [0.717, 1.165) is 28.2 Å². The summed E-state index contributed by atoms with van der Waals surface area (Å²) in [6.45, 7) is 2.17. The van der Waals surface area contributed by atoms with Gasteiger partial charge < -0.3 is 9.64 Å². The molecule has 0 fully saturated rings. The van der Waals surface area contributed by atoms with Crippen LogP contribution in [0.4, 0.5) is 11.4 Å². The van der Waals surface area contributed by atoms with E-state index in [2.05, 4.69) is 0 Å². The highest BCUT2D eigenvalue weighted by Gasteiger charge is 2.35. The average molecular weight is 374 g/mol. The van der Waals surface area contributed by atoms with Crippen molar-refractivity contribution in [3.63, 3.8) is 0 Å². The summed E-state index contributed by atoms with van der Waals surface area (Å²) in [6, 6.07) is 13.5. The third-order valence-electron chi connectivity index (χ3n) is 4.53. The number of hydrogen-bond donors (Lipinski definition) is 0. The number of hydrogen-bond acceptors (Lipinski definition) is 4. The largest absolute Gasteiger partial charge is 0.497 e. The molecule has 1 amide bonds. The smallest absolute Gasteiger partial charge is 0.250 e. The maximum absolute atomic E-state index is 13.1. The van der Waals surface area contributed by atoms with Crippen LogP contribution < -0.4 is 13.9 Å². The van der Waals surface area contributed by atoms with Crippen molar-refractivity contribution in [2.24, 2.45) is 0 Å². The van der Waals surface area contributed by atoms with E-state index in [0.29, 0.717) is 18.0 Å². The van der Waals surface area contributed by atoms with Gasteiger partial charge in [0.1, 0.15) is 11.8 Å². The number of methoxy groups -OCH3 is 1. The zero-order valence-electron chi connectivity index (χ0n) is 15.0. The molecule has 1 atom stereocenters. The van der Waals surface area contributed by atoms with Crippen LogP contribution in [0, 0.1) is 0 Å². The van der Waals surface area contributed by atoms with Gasteiger partial charge in [-0.25, -0.2) is 8.42 Å². The van der Waals surface area contributed by atoms with Crippen LogP contribution in [0.25, 0.3) is 0 Å². The van der Waals surface area contributed by atoms with Gasteiger partial charge in [-0.3, -0.25) is 9.10 Å². The van der Waals surface area contributed by atoms with Crippen LogP contribution in [-0.2, 0) is 21.2 Å². The van der Waals surface area contributed by atoms with Gasteiger partial charge in [-0.2, -0.15) is 0 Å². The molecular weight excluding hydrogens is 352 g/mol. The zero-order chi connectivity index (χ0) is 18.9. The number of ether oxygens (including phenoxy) is 1. The lowest BCUT2D eigenvalue weighted by molar-refractivity contribution is -0.119. The van der Waals surface area contributed by atoms with Gasteiger partial charge in [0.2, 0.25) is 10.0 Å². The van der Waals surface area contributed by atoms with Crippen molar-refractivity contribution in [1.82, 2.24) is 0 Å². The number of nitrogens with zero attached hydrogens (tertiary/aromatic N) is 2. The Morgan fingerprint density at radius 2 is 1.92 bits per heavy atom. The van der Waals surface area contributed by atoms with Crippen molar-refractivity contribution < 1.29 is 17.9 Å². The lowest BCUT2D eigenvalue weighted by Gasteiger charge is -2.31. The molecule has 0 N–H and O–H groups in total. The maximum Gasteiger partial charge on any atom is 0.250 e. The molecule has 1 aliphatic heterocycles. The van der Waals surface area contributed by atoms with Crippen LogP contribution in [0.5, 0.6) is 5.75 Å². The zero-order valence-corrected chi connectivity index (χ0v) is 15.9. The average Bonchev–Trinajstić information content (AvgIpc) is 3.04. The van der Waals surface area contributed by atoms with Crippen molar-refractivity contribution in [2.45, 2.75) is 19.4 Å². The van der Waals surface area contributed by atoms with E-state index in [1.165, 1.54) is 7.11 Å². The number of benzene rings is 2. The second kappa shape index (κ2) is 6.99. The fourth-order valence-corrected chi connectivity index (χ4v) is 4.50. The first-order valence-corrected chi connectivity index (χ1v) is 10.2. The normalized spacial score (nSPS) is 14.7. The molecular formula is C19H22N2O4S. The second-order valence-corrected chi connectivity index (χ2v) is 8.16. The van der Waals surface area contributed by atoms with Gasteiger partial charge in [-0.15, -0.1) is 0 Å². The SMILES string of the molecule is COc1cccc(N(C(C)C(=O)N2CCc3ccccc32)S(C)(=O)=O)c1. The Kier molecular flexibility index (Phi) is 4.91. The van der Waals surface area contributed by atoms with Crippen molar-refractivity contribution in [1.29, 1.82) is 0 Å². The monoisotopic (exact) mass is 374 g/mol. The summed E-state index contributed by atoms with van der Waals surface area (Å²) in [5.74, 6) is 0.283. The van der Waals surface area contributed by atoms with E-state index in [9.17, 15) is 13.2 Å². The van der Waals surface area contributed by atoms with Crippen molar-refractivity contribution in [3.05, 3.63) is 54.1 Å². The fraction of sp³-hybridized carbons (Fsp3) is 0.316. The Morgan fingerprint density at radius 1 is 1.19 bits per heavy atom. The van der Waals surface area contributed by atoms with E-state index in [1.54, 1.807) is 36.1 Å². The van der Waals surface area contributed by atoms with Crippen LogP contribution in [0.15, 0.2) is 48.5 Å². The topological polar surface area (TPSA) is 66.9 Å². The van der Waals surface area contributed by atoms with Gasteiger partial charge in [0.05, 0.1) is 19.1 Å². The molecule has 3 rings (SSSR count). The summed E-state index contributed by atoms with van der Waals surface area (Å²) >= 11 is 0. The second-order valence-electron chi connectivity index (χ2n) is 6.30. The van der Waals surface area contributed by atoms with Gasteiger partial charge in [-0.1, -0.05) is 24.3 Å². The minimum absolute atomic E-state index is 0.247. The first-order chi connectivity index (χ1) is 12.3. The summed E-state index contributed by atoms with van der Waals surface area (Å²) in [4.78, 5) is 14.8. The van der Waals surface area contributed by atoms with Crippen LogP contribution in [0.2, 0.25) is 0 Å². The highest BCUT2D eigenvalue weighted by Crippen LogP contribution is 2.31. The van der Waals surface area contributed by atoms with Crippen LogP contribution in [-0.4, -0.2) is 40.3 Å². The van der Waals surface area contributed by atoms with Gasteiger partial charge >= 0.3 is 0 Å². The first-order valence-electron chi connectivity index (χ1n) is 8.35. The van der Waals surface area contributed by atoms with E-state index < -0.39 is 16.1 Å². The summed E-state index contributed by atoms with van der Waals surface area (Å²) < 4.78 is 31.2. The highest BCUT2D eigenvalue weighted by molar-refractivity contribution is 7.92. The third-order valence-corrected chi connectivity index (χ3v) is 5.77. The predicted octanol–water partition coefficient (Wildman–Crippen LogP) is 2.44. The molecule has 0 saturated carbocycles. The summed E-state index contributed by atoms with van der Waals surface area (Å²) in [5.41, 5.74) is 2.35. The molecule has 0 saturated heterocycles. The molecule has 138 valence electrons. The van der Waals surface area contributed by atoms with Crippen LogP contribution in [0.3, 0.4) is 0 Å². The Balaban J connectivity index is 1.96. The summed E-state index contributed by atoms with van der Waals surface area (Å²) in [6.07, 6.45) is 1.88. The Morgan fingerprint density at radius 3 is 2.62 bits per heavy atom. The number of para-hydroxylation sites is 1. The molecule has 6 nitrogen and oxygen atoms in total. The molecule has 0 aromatic heterocycles. The van der Waals surface area contributed by atoms with Crippen molar-refractivity contribution >= 4 is 27.3 Å². The molecule has 7 heteroatoms. The lowest BCUT2D eigenvalue weighted by atomic mass is 10.2. The van der Waals surface area contributed by atoms with Crippen LogP contribution in [0.1, 0.15) is 12.5 Å². The number of carbonyl (C=O) groups excluding carboxylic acids is 1. The highest BCUT2D eigenvalue weighted by atomic mass is 32.2. The third kappa shape index (κ3) is 3.39. The molecule has 2 aromatic rings. The van der Waals surface area contributed by atoms with Gasteiger partial charge in [-0.05, 0) is 37.1 Å². The Labute approximate surface area is 154 Å². The summed E-state index contributed by atoms with van der Waals surface area (Å²) in [7, 11) is -2.15. The number of anilines is 2. The van der Waals surface area contributed by atoms with Crippen molar-refractivity contribution in [2.75, 3.05) is 29.1 Å². The molecule has 1 aliphatic rings. The summed E-state index contributed by atoms with van der Waals surface area (Å²) in [5, 5.41) is 0. The van der Waals surface area contributed by atoms with Gasteiger partial charge in [0.15, 0.2) is 0 Å². The number of carbonyl (C=O) groups is 1. The maximum atomic E-state index is 13.1. The minimum atomic E-state index is -3.66. The Hall–Kier alpha value is -2.54. The first kappa shape index (κ1) is 18.3. The van der Waals surface area contributed by atoms with E-state index in [1.807, 2.05) is 24.3 Å². The van der Waals surface area contributed by atoms with E-state index >= 15 is 0 Å². The number of rotatable bonds is 5. The van der Waals surface area contributed by atoms with Gasteiger partial charge in [0, 0.05) is 18.3 Å². The lowest BCUT2D eigenvalue weighted by Crippen LogP contribution is -2.49. The van der Waals surface area contributed by atoms with Crippen LogP contribution >= 0.6 is 0 Å². The van der Waals surface area contributed by atoms with Gasteiger partial charge in [0.25, 0.3) is 5.91 Å². The molecule has 0 spiro atoms. The van der Waals surface area contributed by atoms with E-state index in [4.69, 9.17) is 4.74 Å². The number of sulfonamides is 1. The Bertz CT molecular complexity index is 927. The molecule has 0 radical (unpaired) electrons. The number of fused-ring (bicyclic) bond motifs is 1. The molecule has 2 aromatic carbocycles. The number of amides is 1. The van der Waals surface area contributed by atoms with E-state index in [-0.39, 0.29) is 5.91 Å². The molecule has 0 aliphatic carbocycles.